The molecule has 0 radical (unpaired) electrons. The molecule has 4 rings (SSSR count). The Labute approximate surface area is 201 Å². The molecular weight excluding hydrogens is 461 g/mol. The van der Waals surface area contributed by atoms with Gasteiger partial charge >= 0.3 is 5.97 Å². The summed E-state index contributed by atoms with van der Waals surface area (Å²) in [6.07, 6.45) is 3.85. The quantitative estimate of drug-likeness (QED) is 0.389. The van der Waals surface area contributed by atoms with Crippen LogP contribution in [0.3, 0.4) is 0 Å². The van der Waals surface area contributed by atoms with Crippen molar-refractivity contribution in [2.75, 3.05) is 13.2 Å². The Hall–Kier alpha value is -3.06. The summed E-state index contributed by atoms with van der Waals surface area (Å²) in [6.45, 7) is 2.27. The number of hydrogen-bond acceptors (Lipinski definition) is 6. The van der Waals surface area contributed by atoms with Gasteiger partial charge in [0.1, 0.15) is 0 Å². The lowest BCUT2D eigenvalue weighted by molar-refractivity contribution is -0.142. The molecule has 33 heavy (non-hydrogen) atoms. The molecule has 2 aromatic carbocycles. The van der Waals surface area contributed by atoms with Gasteiger partial charge < -0.3 is 10.5 Å². The number of ether oxygens (including phenoxy) is 1. The predicted molar refractivity (Wildman–Crippen MR) is 132 cm³/mol. The molecule has 6 nitrogen and oxygen atoms in total. The molecule has 0 saturated carbocycles. The fourth-order valence-electron chi connectivity index (χ4n) is 3.21. The monoisotopic (exact) mass is 483 g/mol. The van der Waals surface area contributed by atoms with Crippen LogP contribution < -0.4 is 5.73 Å². The molecule has 2 N–H and O–H groups in total. The van der Waals surface area contributed by atoms with E-state index in [4.69, 9.17) is 33.7 Å². The Bertz CT molecular complexity index is 1290. The summed E-state index contributed by atoms with van der Waals surface area (Å²) >= 11 is 11.7. The van der Waals surface area contributed by atoms with E-state index in [2.05, 4.69) is 9.97 Å². The van der Waals surface area contributed by atoms with E-state index in [1.807, 2.05) is 48.5 Å². The molecule has 0 spiro atoms. The third-order valence-electron chi connectivity index (χ3n) is 4.71. The van der Waals surface area contributed by atoms with Crippen molar-refractivity contribution in [2.24, 2.45) is 5.73 Å². The number of carbonyl (C=O) groups is 2. The molecule has 4 aromatic rings. The van der Waals surface area contributed by atoms with Gasteiger partial charge in [0, 0.05) is 29.6 Å². The van der Waals surface area contributed by atoms with E-state index >= 15 is 0 Å². The highest BCUT2D eigenvalue weighted by Crippen LogP contribution is 2.19. The summed E-state index contributed by atoms with van der Waals surface area (Å²) in [5.74, 6) is -0.198. The minimum atomic E-state index is -0.221. The molecule has 170 valence electrons. The van der Waals surface area contributed by atoms with Crippen molar-refractivity contribution in [3.8, 4) is 0 Å². The Kier molecular flexibility index (Phi) is 8.72. The summed E-state index contributed by atoms with van der Waals surface area (Å²) in [5, 5.41) is 3.05. The average molecular weight is 484 g/mol. The van der Waals surface area contributed by atoms with Crippen molar-refractivity contribution in [3.63, 3.8) is 0 Å². The van der Waals surface area contributed by atoms with Gasteiger partial charge in [-0.1, -0.05) is 35.3 Å². The maximum Gasteiger partial charge on any atom is 0.310 e. The number of Topliss-reactive ketones (excluding diaryl/α,β-unsaturated/α-hetero) is 1. The zero-order chi connectivity index (χ0) is 23.8. The largest absolute Gasteiger partial charge is 0.466 e. The van der Waals surface area contributed by atoms with Crippen LogP contribution in [0.2, 0.25) is 10.0 Å². The Morgan fingerprint density at radius 2 is 1.36 bits per heavy atom. The van der Waals surface area contributed by atoms with Crippen LogP contribution in [0, 0.1) is 0 Å². The number of ketones is 1. The summed E-state index contributed by atoms with van der Waals surface area (Å²) in [5.41, 5.74) is 8.85. The number of benzene rings is 2. The van der Waals surface area contributed by atoms with Crippen molar-refractivity contribution >= 4 is 56.8 Å². The van der Waals surface area contributed by atoms with Gasteiger partial charge in [-0.3, -0.25) is 19.6 Å². The number of esters is 1. The average Bonchev–Trinajstić information content (AvgIpc) is 2.79. The molecule has 0 amide bonds. The molecule has 2 heterocycles. The van der Waals surface area contributed by atoms with Gasteiger partial charge in [-0.25, -0.2) is 0 Å². The number of nitrogens with two attached hydrogens (primary N) is 1. The molecule has 0 saturated heterocycles. The van der Waals surface area contributed by atoms with Crippen LogP contribution in [0.1, 0.15) is 18.1 Å². The lowest BCUT2D eigenvalue weighted by Gasteiger charge is -2.04. The number of hydrogen-bond donors (Lipinski definition) is 1. The van der Waals surface area contributed by atoms with Crippen molar-refractivity contribution in [1.29, 1.82) is 0 Å². The number of carbonyl (C=O) groups excluding carboxylic acids is 2. The van der Waals surface area contributed by atoms with Crippen LogP contribution in [0.5, 0.6) is 0 Å². The number of nitrogens with zero attached hydrogens (tertiary/aromatic N) is 2. The highest BCUT2D eigenvalue weighted by atomic mass is 35.5. The third kappa shape index (κ3) is 7.22. The second kappa shape index (κ2) is 11.7. The molecular formula is C25H23Cl2N3O3. The Morgan fingerprint density at radius 1 is 0.848 bits per heavy atom. The second-order valence-electron chi connectivity index (χ2n) is 7.26. The van der Waals surface area contributed by atoms with Crippen molar-refractivity contribution < 1.29 is 14.3 Å². The van der Waals surface area contributed by atoms with Gasteiger partial charge in [0.05, 0.1) is 40.7 Å². The van der Waals surface area contributed by atoms with Gasteiger partial charge in [0.25, 0.3) is 0 Å². The lowest BCUT2D eigenvalue weighted by Crippen LogP contribution is -2.15. The van der Waals surface area contributed by atoms with Crippen LogP contribution in [-0.4, -0.2) is 34.9 Å². The first-order valence-corrected chi connectivity index (χ1v) is 11.1. The highest BCUT2D eigenvalue weighted by molar-refractivity contribution is 6.31. The molecule has 0 unspecified atom stereocenters. The van der Waals surface area contributed by atoms with Crippen LogP contribution in [0.4, 0.5) is 0 Å². The van der Waals surface area contributed by atoms with Crippen LogP contribution >= 0.6 is 23.2 Å². The van der Waals surface area contributed by atoms with E-state index in [9.17, 15) is 9.59 Å². The van der Waals surface area contributed by atoms with Crippen LogP contribution in [0.15, 0.2) is 60.9 Å². The molecule has 0 atom stereocenters. The van der Waals surface area contributed by atoms with E-state index in [1.54, 1.807) is 19.3 Å². The number of pyridine rings is 2. The van der Waals surface area contributed by atoms with Crippen LogP contribution in [-0.2, 0) is 27.2 Å². The van der Waals surface area contributed by atoms with E-state index in [0.29, 0.717) is 23.1 Å². The van der Waals surface area contributed by atoms with Crippen molar-refractivity contribution in [1.82, 2.24) is 9.97 Å². The summed E-state index contributed by atoms with van der Waals surface area (Å²) in [4.78, 5) is 30.9. The molecule has 0 bridgehead atoms. The van der Waals surface area contributed by atoms with Gasteiger partial charge in [0.2, 0.25) is 0 Å². The normalized spacial score (nSPS) is 10.5. The first kappa shape index (κ1) is 24.6. The third-order valence-corrected chi connectivity index (χ3v) is 5.12. The molecule has 0 fully saturated rings. The van der Waals surface area contributed by atoms with Gasteiger partial charge in [0.15, 0.2) is 5.78 Å². The first-order valence-electron chi connectivity index (χ1n) is 10.3. The van der Waals surface area contributed by atoms with E-state index in [0.717, 1.165) is 32.9 Å². The van der Waals surface area contributed by atoms with Gasteiger partial charge in [-0.2, -0.15) is 0 Å². The van der Waals surface area contributed by atoms with E-state index in [-0.39, 0.29) is 24.7 Å². The number of aromatic nitrogens is 2. The zero-order valence-electron chi connectivity index (χ0n) is 18.1. The Balaban J connectivity index is 0.000000186. The molecule has 8 heteroatoms. The molecule has 2 aromatic heterocycles. The fourth-order valence-corrected chi connectivity index (χ4v) is 3.54. The summed E-state index contributed by atoms with van der Waals surface area (Å²) in [6, 6.07) is 15.0. The molecule has 0 aliphatic rings. The smallest absolute Gasteiger partial charge is 0.310 e. The summed E-state index contributed by atoms with van der Waals surface area (Å²) in [7, 11) is 0. The molecule has 0 aliphatic heterocycles. The number of rotatable bonds is 6. The maximum atomic E-state index is 11.4. The molecule has 0 aliphatic carbocycles. The van der Waals surface area contributed by atoms with Crippen LogP contribution in [0.25, 0.3) is 21.8 Å². The van der Waals surface area contributed by atoms with Crippen molar-refractivity contribution in [3.05, 3.63) is 82.1 Å². The van der Waals surface area contributed by atoms with Gasteiger partial charge in [-0.05, 0) is 54.4 Å². The summed E-state index contributed by atoms with van der Waals surface area (Å²) < 4.78 is 4.90. The topological polar surface area (TPSA) is 95.2 Å². The predicted octanol–water partition coefficient (Wildman–Crippen LogP) is 4.95. The fraction of sp³-hybridized carbons (Fsp3) is 0.200. The lowest BCUT2D eigenvalue weighted by atomic mass is 10.1. The van der Waals surface area contributed by atoms with E-state index in [1.165, 1.54) is 0 Å². The highest BCUT2D eigenvalue weighted by Gasteiger charge is 2.06. The standard InChI is InChI=1S/C13H12ClNO2.C12H11ClN2O/c1-2-17-13(16)6-9-3-4-12-10(5-9)7-11(14)8-15-12;13-10-5-9-3-8(4-11(16)6-14)1-2-12(9)15-7-10/h3-5,7-8H,2,6H2,1H3;1-3,5,7H,4,6,14H2. The maximum absolute atomic E-state index is 11.4. The zero-order valence-corrected chi connectivity index (χ0v) is 19.6. The minimum absolute atomic E-state index is 0.0225. The SMILES string of the molecule is CCOC(=O)Cc1ccc2ncc(Cl)cc2c1.NCC(=O)Cc1ccc2ncc(Cl)cc2c1. The Morgan fingerprint density at radius 3 is 1.85 bits per heavy atom. The minimum Gasteiger partial charge on any atom is -0.466 e. The number of fused-ring (bicyclic) bond motifs is 2. The first-order chi connectivity index (χ1) is 15.9. The van der Waals surface area contributed by atoms with E-state index < -0.39 is 0 Å². The van der Waals surface area contributed by atoms with Crippen molar-refractivity contribution in [2.45, 2.75) is 19.8 Å². The number of halogens is 2. The second-order valence-corrected chi connectivity index (χ2v) is 8.14. The van der Waals surface area contributed by atoms with Gasteiger partial charge in [-0.15, -0.1) is 0 Å².